The van der Waals surface area contributed by atoms with Gasteiger partial charge in [0.1, 0.15) is 0 Å². The maximum atomic E-state index is 10.7. The Bertz CT molecular complexity index is 408. The van der Waals surface area contributed by atoms with Crippen LogP contribution in [0.3, 0.4) is 0 Å². The van der Waals surface area contributed by atoms with Gasteiger partial charge in [0.05, 0.1) is 0 Å². The minimum atomic E-state index is -5.77. The average molecular weight is 362 g/mol. The third kappa shape index (κ3) is 12.6. The molecule has 0 spiro atoms. The van der Waals surface area contributed by atoms with E-state index in [0.29, 0.717) is 0 Å². The Labute approximate surface area is 121 Å². The molecule has 0 bridgehead atoms. The molecule has 0 heterocycles. The standard InChI is InChI=1S/Na.H6O13P4.H/c;1-14(2,3)11-16(7,8)13-17(9,10)12-15(4,5)6;/h;(H,7,8)(H,9,10)(H2,1,2,3)(H2,4,5,6);. The van der Waals surface area contributed by atoms with Crippen molar-refractivity contribution in [2.45, 2.75) is 0 Å². The molecule has 6 N–H and O–H groups in total. The summed E-state index contributed by atoms with van der Waals surface area (Å²) in [6, 6.07) is 0. The third-order valence-electron chi connectivity index (χ3n) is 0.625. The molecule has 18 heavy (non-hydrogen) atoms. The fourth-order valence-corrected chi connectivity index (χ4v) is 4.40. The molecule has 2 unspecified atom stereocenters. The van der Waals surface area contributed by atoms with E-state index in [1.54, 1.807) is 0 Å². The van der Waals surface area contributed by atoms with E-state index in [9.17, 15) is 18.3 Å². The molecule has 0 saturated heterocycles. The average Bonchev–Trinajstić information content (AvgIpc) is 1.65. The summed E-state index contributed by atoms with van der Waals surface area (Å²) >= 11 is 0. The van der Waals surface area contributed by atoms with E-state index in [4.69, 9.17) is 29.4 Å². The first-order valence-corrected chi connectivity index (χ1v) is 9.08. The SMILES string of the molecule is O=P(O)(O)OP(=O)(O)OP(=O)(O)OP(=O)(O)O.[NaH]. The summed E-state index contributed by atoms with van der Waals surface area (Å²) < 4.78 is 50.9. The summed E-state index contributed by atoms with van der Waals surface area (Å²) in [6.07, 6.45) is 0. The van der Waals surface area contributed by atoms with Gasteiger partial charge in [-0.2, -0.15) is 12.9 Å². The summed E-state index contributed by atoms with van der Waals surface area (Å²) in [5, 5.41) is 0. The van der Waals surface area contributed by atoms with Crippen molar-refractivity contribution < 1.29 is 60.6 Å². The van der Waals surface area contributed by atoms with Gasteiger partial charge in [-0.05, 0) is 0 Å². The summed E-state index contributed by atoms with van der Waals surface area (Å²) in [6.45, 7) is 0. The molecule has 18 heteroatoms. The van der Waals surface area contributed by atoms with Gasteiger partial charge in [0, 0.05) is 0 Å². The second-order valence-electron chi connectivity index (χ2n) is 2.16. The summed E-state index contributed by atoms with van der Waals surface area (Å²) in [4.78, 5) is 49.4. The second kappa shape index (κ2) is 7.02. The van der Waals surface area contributed by atoms with Crippen molar-refractivity contribution in [2.75, 3.05) is 0 Å². The van der Waals surface area contributed by atoms with Gasteiger partial charge in [-0.25, -0.2) is 18.3 Å². The van der Waals surface area contributed by atoms with Crippen molar-refractivity contribution in [3.8, 4) is 0 Å². The van der Waals surface area contributed by atoms with Crippen LogP contribution >= 0.6 is 31.3 Å². The van der Waals surface area contributed by atoms with Crippen LogP contribution in [0.1, 0.15) is 0 Å². The molecule has 0 saturated carbocycles. The van der Waals surface area contributed by atoms with Crippen molar-refractivity contribution in [2.24, 2.45) is 0 Å². The zero-order valence-corrected chi connectivity index (χ0v) is 10.9. The van der Waals surface area contributed by atoms with Crippen LogP contribution < -0.4 is 0 Å². The van der Waals surface area contributed by atoms with Gasteiger partial charge in [-0.3, -0.25) is 0 Å². The zero-order chi connectivity index (χ0) is 14.1. The van der Waals surface area contributed by atoms with E-state index in [2.05, 4.69) is 12.9 Å². The number of hydrogen-bond donors (Lipinski definition) is 6. The van der Waals surface area contributed by atoms with E-state index >= 15 is 0 Å². The van der Waals surface area contributed by atoms with Crippen molar-refractivity contribution in [3.63, 3.8) is 0 Å². The molecule has 0 aromatic heterocycles. The molecule has 2 atom stereocenters. The van der Waals surface area contributed by atoms with Crippen molar-refractivity contribution >= 4 is 60.8 Å². The molecule has 0 aliphatic heterocycles. The summed E-state index contributed by atoms with van der Waals surface area (Å²) in [5.74, 6) is 0. The van der Waals surface area contributed by atoms with Gasteiger partial charge in [-0.1, -0.05) is 0 Å². The Morgan fingerprint density at radius 3 is 0.944 bits per heavy atom. The van der Waals surface area contributed by atoms with Crippen LogP contribution in [-0.2, 0) is 31.2 Å². The van der Waals surface area contributed by atoms with Gasteiger partial charge < -0.3 is 29.4 Å². The number of rotatable bonds is 6. The number of hydrogen-bond acceptors (Lipinski definition) is 7. The first kappa shape index (κ1) is 21.9. The predicted molar refractivity (Wildman–Crippen MR) is 54.1 cm³/mol. The fourth-order valence-electron chi connectivity index (χ4n) is 0.429. The van der Waals surface area contributed by atoms with Crippen molar-refractivity contribution in [1.82, 2.24) is 0 Å². The van der Waals surface area contributed by atoms with Gasteiger partial charge >= 0.3 is 60.8 Å². The van der Waals surface area contributed by atoms with Crippen LogP contribution in [0.15, 0.2) is 0 Å². The molecule has 106 valence electrons. The summed E-state index contributed by atoms with van der Waals surface area (Å²) in [5.41, 5.74) is 0. The normalized spacial score (nSPS) is 19.4. The molecule has 0 aromatic rings. The van der Waals surface area contributed by atoms with Crippen LogP contribution in [0.25, 0.3) is 0 Å². The molecular formula is H7NaO13P4. The van der Waals surface area contributed by atoms with Crippen LogP contribution in [0.5, 0.6) is 0 Å². The van der Waals surface area contributed by atoms with Gasteiger partial charge in [0.2, 0.25) is 0 Å². The molecular weight excluding hydrogens is 355 g/mol. The first-order chi connectivity index (χ1) is 7.12. The van der Waals surface area contributed by atoms with Gasteiger partial charge in [0.15, 0.2) is 0 Å². The van der Waals surface area contributed by atoms with E-state index in [0.717, 1.165) is 0 Å². The Morgan fingerprint density at radius 2 is 0.778 bits per heavy atom. The fraction of sp³-hybridized carbons (Fsp3) is 0. The quantitative estimate of drug-likeness (QED) is 0.241. The Hall–Kier alpha value is 1.56. The molecule has 0 rings (SSSR count). The van der Waals surface area contributed by atoms with Crippen molar-refractivity contribution in [1.29, 1.82) is 0 Å². The third-order valence-corrected chi connectivity index (χ3v) is 5.63. The Morgan fingerprint density at radius 1 is 0.556 bits per heavy atom. The molecule has 0 amide bonds. The zero-order valence-electron chi connectivity index (χ0n) is 7.33. The van der Waals surface area contributed by atoms with E-state index in [-0.39, 0.29) is 29.6 Å². The van der Waals surface area contributed by atoms with E-state index < -0.39 is 31.3 Å². The molecule has 13 nitrogen and oxygen atoms in total. The second-order valence-corrected chi connectivity index (χ2v) is 7.96. The maximum absolute atomic E-state index is 10.7. The first-order valence-electron chi connectivity index (χ1n) is 3.03. The van der Waals surface area contributed by atoms with E-state index in [1.165, 1.54) is 0 Å². The van der Waals surface area contributed by atoms with Crippen molar-refractivity contribution in [3.05, 3.63) is 0 Å². The Kier molecular flexibility index (Phi) is 8.52. The van der Waals surface area contributed by atoms with Crippen LogP contribution in [0.4, 0.5) is 0 Å². The minimum absolute atomic E-state index is 0. The van der Waals surface area contributed by atoms with Crippen LogP contribution in [0, 0.1) is 0 Å². The van der Waals surface area contributed by atoms with Gasteiger partial charge in [-0.15, -0.1) is 0 Å². The topological polar surface area (TPSA) is 217 Å². The Balaban J connectivity index is 0. The van der Waals surface area contributed by atoms with Crippen LogP contribution in [0.2, 0.25) is 0 Å². The monoisotopic (exact) mass is 362 g/mol. The number of phosphoric acid groups is 4. The molecule has 0 radical (unpaired) electrons. The van der Waals surface area contributed by atoms with Gasteiger partial charge in [0.25, 0.3) is 0 Å². The molecule has 0 aliphatic rings. The van der Waals surface area contributed by atoms with Crippen LogP contribution in [-0.4, -0.2) is 58.9 Å². The predicted octanol–water partition coefficient (Wildman–Crippen LogP) is -1.23. The summed E-state index contributed by atoms with van der Waals surface area (Å²) in [7, 11) is -22.6. The molecule has 0 aromatic carbocycles. The molecule has 0 aliphatic carbocycles. The van der Waals surface area contributed by atoms with E-state index in [1.807, 2.05) is 0 Å². The molecule has 0 fully saturated rings.